The van der Waals surface area contributed by atoms with Gasteiger partial charge in [-0.25, -0.2) is 23.8 Å². The molecule has 10 nitrogen and oxygen atoms in total. The molecule has 3 N–H and O–H groups in total. The molecule has 0 saturated heterocycles. The van der Waals surface area contributed by atoms with Gasteiger partial charge in [-0.05, 0) is 37.1 Å². The van der Waals surface area contributed by atoms with Gasteiger partial charge in [0.25, 0.3) is 0 Å². The maximum absolute atomic E-state index is 13.5. The van der Waals surface area contributed by atoms with E-state index in [1.807, 2.05) is 13.0 Å². The van der Waals surface area contributed by atoms with Gasteiger partial charge >= 0.3 is 5.69 Å². The Morgan fingerprint density at radius 2 is 2.00 bits per heavy atom. The van der Waals surface area contributed by atoms with E-state index in [2.05, 4.69) is 25.3 Å². The van der Waals surface area contributed by atoms with Gasteiger partial charge in [-0.2, -0.15) is 5.10 Å². The first kappa shape index (κ1) is 15.2. The fraction of sp³-hybridized carbons (Fsp3) is 0.125. The zero-order valence-electron chi connectivity index (χ0n) is 23.1. The molecule has 4 aromatic heterocycles. The number of rotatable bonds is 4. The minimum absolute atomic E-state index is 0.00554. The molecule has 0 aliphatic carbocycles. The summed E-state index contributed by atoms with van der Waals surface area (Å²) in [5.74, 6) is 0.260. The molecule has 34 heavy (non-hydrogen) atoms. The molecule has 0 saturated carbocycles. The van der Waals surface area contributed by atoms with Crippen LogP contribution in [-0.2, 0) is 6.54 Å². The van der Waals surface area contributed by atoms with Gasteiger partial charge < -0.3 is 10.2 Å². The zero-order chi connectivity index (χ0) is 27.7. The quantitative estimate of drug-likeness (QED) is 0.415. The first-order valence-electron chi connectivity index (χ1n) is 12.8. The van der Waals surface area contributed by atoms with Gasteiger partial charge in [-0.15, -0.1) is 5.10 Å². The Morgan fingerprint density at radius 1 is 1.18 bits per heavy atom. The fourth-order valence-electron chi connectivity index (χ4n) is 4.02. The summed E-state index contributed by atoms with van der Waals surface area (Å²) < 4.78 is 49.1. The van der Waals surface area contributed by atoms with Gasteiger partial charge in [0.2, 0.25) is 5.95 Å². The average Bonchev–Trinajstić information content (AvgIpc) is 3.62. The van der Waals surface area contributed by atoms with Gasteiger partial charge in [0.05, 0.1) is 36.4 Å². The van der Waals surface area contributed by atoms with Crippen LogP contribution in [0.5, 0.6) is 0 Å². The SMILES string of the molecule is [2H]c1c([2H])c([2H])c(-c2nc(N)n3c(=O)n(Cc4ncoc4C)nc3c2-c2cc(C)c3[nH]ncc3c2)c([2H])c1[2H]. The molecule has 0 aliphatic heterocycles. The third kappa shape index (κ3) is 2.99. The van der Waals surface area contributed by atoms with Gasteiger partial charge in [0, 0.05) is 10.9 Å². The first-order valence-corrected chi connectivity index (χ1v) is 10.3. The topological polar surface area (TPSA) is 133 Å². The van der Waals surface area contributed by atoms with Crippen molar-refractivity contribution in [3.63, 3.8) is 0 Å². The molecule has 0 atom stereocenters. The van der Waals surface area contributed by atoms with Crippen molar-refractivity contribution in [2.24, 2.45) is 0 Å². The summed E-state index contributed by atoms with van der Waals surface area (Å²) in [6, 6.07) is 1.11. The third-order valence-electron chi connectivity index (χ3n) is 5.67. The van der Waals surface area contributed by atoms with E-state index in [0.717, 1.165) is 25.5 Å². The fourth-order valence-corrected chi connectivity index (χ4v) is 4.02. The molecule has 6 aromatic rings. The van der Waals surface area contributed by atoms with E-state index in [4.69, 9.17) is 17.0 Å². The molecule has 0 amide bonds. The van der Waals surface area contributed by atoms with E-state index >= 15 is 0 Å². The number of aryl methyl sites for hydroxylation is 2. The van der Waals surface area contributed by atoms with E-state index in [0.29, 0.717) is 17.0 Å². The molecule has 2 aromatic carbocycles. The molecule has 10 heteroatoms. The summed E-state index contributed by atoms with van der Waals surface area (Å²) in [6.45, 7) is 3.57. The smallest absolute Gasteiger partial charge is 0.353 e. The van der Waals surface area contributed by atoms with Crippen LogP contribution in [0.1, 0.15) is 23.9 Å². The lowest BCUT2D eigenvalue weighted by atomic mass is 9.97. The number of aromatic amines is 1. The van der Waals surface area contributed by atoms with Crippen molar-refractivity contribution in [3.8, 4) is 22.4 Å². The van der Waals surface area contributed by atoms with E-state index in [-0.39, 0.29) is 35.0 Å². The minimum atomic E-state index is -0.590. The summed E-state index contributed by atoms with van der Waals surface area (Å²) in [4.78, 5) is 22.0. The van der Waals surface area contributed by atoms with Crippen molar-refractivity contribution in [2.45, 2.75) is 20.4 Å². The highest BCUT2D eigenvalue weighted by molar-refractivity contribution is 5.95. The largest absolute Gasteiger partial charge is 0.448 e. The van der Waals surface area contributed by atoms with Crippen molar-refractivity contribution in [1.82, 2.24) is 34.3 Å². The van der Waals surface area contributed by atoms with Crippen LogP contribution in [-0.4, -0.2) is 34.3 Å². The zero-order valence-corrected chi connectivity index (χ0v) is 18.1. The molecule has 0 radical (unpaired) electrons. The van der Waals surface area contributed by atoms with Crippen LogP contribution in [0.15, 0.2) is 64.1 Å². The maximum Gasteiger partial charge on any atom is 0.353 e. The average molecular weight is 458 g/mol. The highest BCUT2D eigenvalue weighted by atomic mass is 16.3. The van der Waals surface area contributed by atoms with Crippen LogP contribution in [0.4, 0.5) is 5.95 Å². The molecule has 0 bridgehead atoms. The Bertz CT molecular complexity index is 1990. The van der Waals surface area contributed by atoms with Crippen molar-refractivity contribution in [1.29, 1.82) is 0 Å². The van der Waals surface area contributed by atoms with E-state index in [1.54, 1.807) is 19.2 Å². The third-order valence-corrected chi connectivity index (χ3v) is 5.67. The van der Waals surface area contributed by atoms with E-state index in [1.165, 1.54) is 6.39 Å². The molecule has 4 heterocycles. The summed E-state index contributed by atoms with van der Waals surface area (Å²) >= 11 is 0. The number of oxazole rings is 1. The standard InChI is InChI=1S/C24H20N8O2/c1-13-8-16(9-17-10-27-29-20(13)17)19-21(15-6-4-3-5-7-15)28-23(25)32-22(19)30-31(24(32)33)11-18-14(2)34-12-26-18/h3-10,12H,11H2,1-2H3,(H2,25,28)(H,27,29)/i3D,4D,5D,6D,7D. The molecule has 6 rings (SSSR count). The summed E-state index contributed by atoms with van der Waals surface area (Å²) in [5.41, 5.74) is 8.52. The number of nitrogens with one attached hydrogen (secondary N) is 1. The molecule has 0 spiro atoms. The van der Waals surface area contributed by atoms with Crippen molar-refractivity contribution < 1.29 is 11.3 Å². The van der Waals surface area contributed by atoms with Crippen LogP contribution in [0.2, 0.25) is 0 Å². The number of hydrogen-bond donors (Lipinski definition) is 2. The number of H-pyrrole nitrogens is 1. The second kappa shape index (κ2) is 7.41. The number of anilines is 1. The van der Waals surface area contributed by atoms with E-state index < -0.39 is 35.9 Å². The maximum atomic E-state index is 13.5. The number of nitrogens with two attached hydrogens (primary N) is 1. The Balaban J connectivity index is 1.75. The minimum Gasteiger partial charge on any atom is -0.448 e. The lowest BCUT2D eigenvalue weighted by Gasteiger charge is -2.13. The number of benzene rings is 2. The van der Waals surface area contributed by atoms with Crippen molar-refractivity contribution in [2.75, 3.05) is 5.73 Å². The molecular formula is C24H20N8O2. The number of hydrogen-bond acceptors (Lipinski definition) is 7. The predicted octanol–water partition coefficient (Wildman–Crippen LogP) is 3.34. The van der Waals surface area contributed by atoms with Gasteiger partial charge in [0.1, 0.15) is 11.5 Å². The Labute approximate surface area is 199 Å². The lowest BCUT2D eigenvalue weighted by molar-refractivity contribution is 0.521. The van der Waals surface area contributed by atoms with Gasteiger partial charge in [-0.1, -0.05) is 30.2 Å². The van der Waals surface area contributed by atoms with Gasteiger partial charge in [-0.3, -0.25) is 5.10 Å². The Hall–Kier alpha value is -4.73. The normalized spacial score (nSPS) is 13.6. The Morgan fingerprint density at radius 3 is 2.76 bits per heavy atom. The number of fused-ring (bicyclic) bond motifs is 2. The highest BCUT2D eigenvalue weighted by Gasteiger charge is 2.23. The van der Waals surface area contributed by atoms with Crippen LogP contribution in [0.25, 0.3) is 38.9 Å². The summed E-state index contributed by atoms with van der Waals surface area (Å²) in [5, 5.41) is 12.4. The molecule has 0 aliphatic rings. The van der Waals surface area contributed by atoms with Gasteiger partial charge in [0.15, 0.2) is 12.0 Å². The first-order chi connectivity index (χ1) is 18.6. The number of nitrogen functional groups attached to an aromatic ring is 1. The van der Waals surface area contributed by atoms with Crippen LogP contribution >= 0.6 is 0 Å². The summed E-state index contributed by atoms with van der Waals surface area (Å²) in [6.07, 6.45) is 2.91. The highest BCUT2D eigenvalue weighted by Crippen LogP contribution is 2.36. The predicted molar refractivity (Wildman–Crippen MR) is 127 cm³/mol. The van der Waals surface area contributed by atoms with Crippen LogP contribution < -0.4 is 11.4 Å². The van der Waals surface area contributed by atoms with Crippen molar-refractivity contribution in [3.05, 3.63) is 82.4 Å². The molecule has 0 fully saturated rings. The van der Waals surface area contributed by atoms with E-state index in [9.17, 15) is 4.79 Å². The molecule has 0 unspecified atom stereocenters. The molecular weight excluding hydrogens is 432 g/mol. The van der Waals surface area contributed by atoms with Crippen molar-refractivity contribution >= 4 is 22.5 Å². The Kier molecular flexibility index (Phi) is 3.31. The lowest BCUT2D eigenvalue weighted by Crippen LogP contribution is -2.24. The van der Waals surface area contributed by atoms with Crippen LogP contribution in [0, 0.1) is 13.8 Å². The number of aromatic nitrogens is 7. The summed E-state index contributed by atoms with van der Waals surface area (Å²) in [7, 11) is 0. The number of nitrogens with zero attached hydrogens (tertiary/aromatic N) is 6. The second-order valence-electron chi connectivity index (χ2n) is 7.78. The molecule has 168 valence electrons. The second-order valence-corrected chi connectivity index (χ2v) is 7.78. The monoisotopic (exact) mass is 457 g/mol. The van der Waals surface area contributed by atoms with Crippen LogP contribution in [0.3, 0.4) is 0 Å².